The van der Waals surface area contributed by atoms with E-state index in [4.69, 9.17) is 0 Å². The van der Waals surface area contributed by atoms with Crippen molar-refractivity contribution < 1.29 is 4.79 Å². The van der Waals surface area contributed by atoms with Crippen molar-refractivity contribution in [3.05, 3.63) is 46.2 Å². The molecule has 0 saturated carbocycles. The SMILES string of the molecule is CC(C)C1CCCN(C(=O)NCc2cc3ccccc3n(C)c2=O)C1. The minimum Gasteiger partial charge on any atom is -0.334 e. The molecule has 5 nitrogen and oxygen atoms in total. The largest absolute Gasteiger partial charge is 0.334 e. The van der Waals surface area contributed by atoms with Crippen molar-refractivity contribution in [1.29, 1.82) is 0 Å². The molecule has 2 amide bonds. The molecule has 1 unspecified atom stereocenters. The lowest BCUT2D eigenvalue weighted by Gasteiger charge is -2.34. The lowest BCUT2D eigenvalue weighted by Crippen LogP contribution is -2.46. The van der Waals surface area contributed by atoms with Crippen molar-refractivity contribution in [3.8, 4) is 0 Å². The van der Waals surface area contributed by atoms with Crippen LogP contribution in [-0.2, 0) is 13.6 Å². The second-order valence-electron chi connectivity index (χ2n) is 7.34. The third-order valence-corrected chi connectivity index (χ3v) is 5.33. The van der Waals surface area contributed by atoms with Gasteiger partial charge >= 0.3 is 6.03 Å². The number of hydrogen-bond donors (Lipinski definition) is 1. The Balaban J connectivity index is 1.71. The first-order valence-electron chi connectivity index (χ1n) is 9.08. The smallest absolute Gasteiger partial charge is 0.317 e. The van der Waals surface area contributed by atoms with Crippen LogP contribution in [0.5, 0.6) is 0 Å². The summed E-state index contributed by atoms with van der Waals surface area (Å²) in [6.07, 6.45) is 2.24. The van der Waals surface area contributed by atoms with Gasteiger partial charge in [-0.05, 0) is 42.2 Å². The molecule has 0 bridgehead atoms. The summed E-state index contributed by atoms with van der Waals surface area (Å²) in [7, 11) is 1.77. The maximum Gasteiger partial charge on any atom is 0.317 e. The summed E-state index contributed by atoms with van der Waals surface area (Å²) in [5.41, 5.74) is 1.46. The number of rotatable bonds is 3. The van der Waals surface area contributed by atoms with Crippen molar-refractivity contribution in [2.24, 2.45) is 18.9 Å². The standard InChI is InChI=1S/C20H27N3O2/c1-14(2)16-8-6-10-23(13-16)20(25)21-12-17-11-15-7-4-5-9-18(15)22(3)19(17)24/h4-5,7,9,11,14,16H,6,8,10,12-13H2,1-3H3,(H,21,25). The van der Waals surface area contributed by atoms with Crippen LogP contribution >= 0.6 is 0 Å². The van der Waals surface area contributed by atoms with E-state index in [0.29, 0.717) is 17.4 Å². The first kappa shape index (κ1) is 17.5. The van der Waals surface area contributed by atoms with E-state index in [1.807, 2.05) is 35.2 Å². The number of likely N-dealkylation sites (tertiary alicyclic amines) is 1. The normalized spacial score (nSPS) is 17.9. The van der Waals surface area contributed by atoms with Gasteiger partial charge in [-0.3, -0.25) is 4.79 Å². The van der Waals surface area contributed by atoms with E-state index in [9.17, 15) is 9.59 Å². The Hall–Kier alpha value is -2.30. The van der Waals surface area contributed by atoms with Gasteiger partial charge in [0.05, 0.1) is 5.52 Å². The fourth-order valence-electron chi connectivity index (χ4n) is 3.64. The molecule has 5 heteroatoms. The topological polar surface area (TPSA) is 54.3 Å². The molecule has 0 aliphatic carbocycles. The minimum absolute atomic E-state index is 0.0577. The molecular weight excluding hydrogens is 314 g/mol. The minimum atomic E-state index is -0.0689. The predicted molar refractivity (Wildman–Crippen MR) is 101 cm³/mol. The molecule has 1 aliphatic rings. The number of carbonyl (C=O) groups is 1. The number of carbonyl (C=O) groups excluding carboxylic acids is 1. The Morgan fingerprint density at radius 2 is 2.08 bits per heavy atom. The third kappa shape index (κ3) is 3.70. The number of aromatic nitrogens is 1. The van der Waals surface area contributed by atoms with E-state index in [0.717, 1.165) is 30.4 Å². The van der Waals surface area contributed by atoms with Gasteiger partial charge in [-0.25, -0.2) is 4.79 Å². The average Bonchev–Trinajstić information content (AvgIpc) is 2.63. The molecule has 2 heterocycles. The molecule has 1 atom stereocenters. The van der Waals surface area contributed by atoms with E-state index in [1.165, 1.54) is 6.42 Å². The van der Waals surface area contributed by atoms with E-state index in [-0.39, 0.29) is 18.1 Å². The molecule has 1 aromatic heterocycles. The lowest BCUT2D eigenvalue weighted by atomic mass is 9.88. The van der Waals surface area contributed by atoms with Crippen molar-refractivity contribution in [2.45, 2.75) is 33.2 Å². The molecule has 25 heavy (non-hydrogen) atoms. The molecule has 134 valence electrons. The molecule has 0 spiro atoms. The van der Waals surface area contributed by atoms with E-state index >= 15 is 0 Å². The fraction of sp³-hybridized carbons (Fsp3) is 0.500. The van der Waals surface area contributed by atoms with Gasteiger partial charge in [0, 0.05) is 32.2 Å². The second-order valence-corrected chi connectivity index (χ2v) is 7.34. The Morgan fingerprint density at radius 3 is 2.84 bits per heavy atom. The summed E-state index contributed by atoms with van der Waals surface area (Å²) in [4.78, 5) is 26.9. The summed E-state index contributed by atoms with van der Waals surface area (Å²) >= 11 is 0. The zero-order valence-electron chi connectivity index (χ0n) is 15.3. The molecular formula is C20H27N3O2. The summed E-state index contributed by atoms with van der Waals surface area (Å²) in [5.74, 6) is 1.15. The lowest BCUT2D eigenvalue weighted by molar-refractivity contribution is 0.149. The molecule has 3 rings (SSSR count). The zero-order chi connectivity index (χ0) is 18.0. The summed E-state index contributed by atoms with van der Waals surface area (Å²) in [6, 6.07) is 9.60. The molecule has 1 aliphatic heterocycles. The van der Waals surface area contributed by atoms with Gasteiger partial charge in [0.1, 0.15) is 0 Å². The summed E-state index contributed by atoms with van der Waals surface area (Å²) in [5, 5.41) is 3.94. The summed E-state index contributed by atoms with van der Waals surface area (Å²) in [6.45, 7) is 6.29. The van der Waals surface area contributed by atoms with Crippen molar-refractivity contribution in [2.75, 3.05) is 13.1 Å². The molecule has 1 N–H and O–H groups in total. The van der Waals surface area contributed by atoms with Crippen LogP contribution in [0, 0.1) is 11.8 Å². The fourth-order valence-corrected chi connectivity index (χ4v) is 3.64. The van der Waals surface area contributed by atoms with Crippen LogP contribution in [-0.4, -0.2) is 28.6 Å². The van der Waals surface area contributed by atoms with Crippen LogP contribution in [0.4, 0.5) is 4.79 Å². The first-order chi connectivity index (χ1) is 12.0. The highest BCUT2D eigenvalue weighted by atomic mass is 16.2. The molecule has 1 fully saturated rings. The van der Waals surface area contributed by atoms with Crippen molar-refractivity contribution in [3.63, 3.8) is 0 Å². The van der Waals surface area contributed by atoms with Gasteiger partial charge in [0.15, 0.2) is 0 Å². The molecule has 2 aromatic rings. The van der Waals surface area contributed by atoms with E-state index < -0.39 is 0 Å². The molecule has 1 aromatic carbocycles. The Labute approximate surface area is 148 Å². The van der Waals surface area contributed by atoms with Crippen molar-refractivity contribution >= 4 is 16.9 Å². The van der Waals surface area contributed by atoms with E-state index in [2.05, 4.69) is 19.2 Å². The second kappa shape index (κ2) is 7.30. The number of aryl methyl sites for hydroxylation is 1. The number of piperidine rings is 1. The number of nitrogens with zero attached hydrogens (tertiary/aromatic N) is 2. The monoisotopic (exact) mass is 341 g/mol. The van der Waals surface area contributed by atoms with Crippen LogP contribution in [0.2, 0.25) is 0 Å². The number of nitrogens with one attached hydrogen (secondary N) is 1. The van der Waals surface area contributed by atoms with Gasteiger partial charge in [-0.15, -0.1) is 0 Å². The van der Waals surface area contributed by atoms with Crippen LogP contribution < -0.4 is 10.9 Å². The van der Waals surface area contributed by atoms with Gasteiger partial charge in [0.25, 0.3) is 5.56 Å². The van der Waals surface area contributed by atoms with Crippen LogP contribution in [0.15, 0.2) is 35.1 Å². The number of pyridine rings is 1. The van der Waals surface area contributed by atoms with Crippen molar-refractivity contribution in [1.82, 2.24) is 14.8 Å². The number of amides is 2. The first-order valence-corrected chi connectivity index (χ1v) is 9.08. The number of para-hydroxylation sites is 1. The quantitative estimate of drug-likeness (QED) is 0.932. The third-order valence-electron chi connectivity index (χ3n) is 5.33. The number of hydrogen-bond acceptors (Lipinski definition) is 2. The molecule has 1 saturated heterocycles. The highest BCUT2D eigenvalue weighted by Crippen LogP contribution is 2.23. The van der Waals surface area contributed by atoms with Crippen LogP contribution in [0.25, 0.3) is 10.9 Å². The van der Waals surface area contributed by atoms with Crippen LogP contribution in [0.3, 0.4) is 0 Å². The molecule has 0 radical (unpaired) electrons. The maximum atomic E-state index is 12.5. The Bertz CT molecular complexity index is 825. The van der Waals surface area contributed by atoms with Gasteiger partial charge in [0.2, 0.25) is 0 Å². The Kier molecular flexibility index (Phi) is 5.11. The average molecular weight is 341 g/mol. The predicted octanol–water partition coefficient (Wildman–Crippen LogP) is 3.12. The number of benzene rings is 1. The van der Waals surface area contributed by atoms with Crippen LogP contribution in [0.1, 0.15) is 32.3 Å². The van der Waals surface area contributed by atoms with Gasteiger partial charge in [-0.2, -0.15) is 0 Å². The highest BCUT2D eigenvalue weighted by molar-refractivity contribution is 5.80. The van der Waals surface area contributed by atoms with Gasteiger partial charge < -0.3 is 14.8 Å². The Morgan fingerprint density at radius 1 is 1.32 bits per heavy atom. The highest BCUT2D eigenvalue weighted by Gasteiger charge is 2.25. The number of urea groups is 1. The van der Waals surface area contributed by atoms with E-state index in [1.54, 1.807) is 11.6 Å². The maximum absolute atomic E-state index is 12.5. The van der Waals surface area contributed by atoms with Gasteiger partial charge in [-0.1, -0.05) is 32.0 Å². The zero-order valence-corrected chi connectivity index (χ0v) is 15.3. The number of fused-ring (bicyclic) bond motifs is 1. The summed E-state index contributed by atoms with van der Waals surface area (Å²) < 4.78 is 1.65.